The number of nitrogens with zero attached hydrogens (tertiary/aromatic N) is 1. The van der Waals surface area contributed by atoms with E-state index in [-0.39, 0.29) is 31.3 Å². The average Bonchev–Trinajstić information content (AvgIpc) is 3.43. The van der Waals surface area contributed by atoms with Crippen LogP contribution in [0.15, 0.2) is 54.6 Å². The quantitative estimate of drug-likeness (QED) is 0.656. The molecule has 1 N–H and O–H groups in total. The van der Waals surface area contributed by atoms with Crippen molar-refractivity contribution in [2.24, 2.45) is 5.92 Å². The van der Waals surface area contributed by atoms with Gasteiger partial charge in [0, 0.05) is 13.0 Å². The zero-order valence-electron chi connectivity index (χ0n) is 17.5. The number of amides is 1. The molecule has 1 saturated heterocycles. The molecule has 2 aromatic rings. The maximum atomic E-state index is 13.2. The number of carboxylic acids is 1. The number of hydrogen-bond donors (Lipinski definition) is 1. The van der Waals surface area contributed by atoms with Gasteiger partial charge in [0.2, 0.25) is 0 Å². The molecule has 32 heavy (non-hydrogen) atoms. The fraction of sp³-hybridized carbons (Fsp3) is 0.417. The van der Waals surface area contributed by atoms with E-state index < -0.39 is 29.9 Å². The van der Waals surface area contributed by atoms with Crippen LogP contribution in [-0.4, -0.2) is 47.2 Å². The van der Waals surface area contributed by atoms with Crippen molar-refractivity contribution in [3.8, 4) is 0 Å². The van der Waals surface area contributed by atoms with Crippen molar-refractivity contribution >= 4 is 12.1 Å². The lowest BCUT2D eigenvalue weighted by Gasteiger charge is -2.39. The third-order valence-electron chi connectivity index (χ3n) is 6.03. The van der Waals surface area contributed by atoms with Crippen LogP contribution in [0.1, 0.15) is 46.8 Å². The normalized spacial score (nSPS) is 24.1. The van der Waals surface area contributed by atoms with Gasteiger partial charge in [-0.05, 0) is 36.1 Å². The summed E-state index contributed by atoms with van der Waals surface area (Å²) in [7, 11) is 0. The van der Waals surface area contributed by atoms with Gasteiger partial charge in [-0.3, -0.25) is 0 Å². The minimum atomic E-state index is -2.63. The first kappa shape index (κ1) is 22.2. The lowest BCUT2D eigenvalue weighted by Crippen LogP contribution is -2.43. The Morgan fingerprint density at radius 1 is 1.09 bits per heavy atom. The number of benzene rings is 2. The summed E-state index contributed by atoms with van der Waals surface area (Å²) in [6, 6.07) is 15.2. The van der Waals surface area contributed by atoms with Gasteiger partial charge in [0.05, 0.1) is 30.2 Å². The molecule has 6 nitrogen and oxygen atoms in total. The number of aromatic carboxylic acids is 1. The minimum absolute atomic E-state index is 0.000786. The third-order valence-corrected chi connectivity index (χ3v) is 6.03. The van der Waals surface area contributed by atoms with E-state index in [1.807, 2.05) is 30.3 Å². The van der Waals surface area contributed by atoms with Crippen LogP contribution in [0.2, 0.25) is 0 Å². The Morgan fingerprint density at radius 3 is 2.41 bits per heavy atom. The van der Waals surface area contributed by atoms with E-state index in [9.17, 15) is 18.4 Å². The molecule has 0 spiro atoms. The topological polar surface area (TPSA) is 76.1 Å². The Balaban J connectivity index is 1.45. The molecule has 0 aromatic heterocycles. The highest BCUT2D eigenvalue weighted by molar-refractivity contribution is 5.87. The predicted octanol–water partition coefficient (Wildman–Crippen LogP) is 4.90. The lowest BCUT2D eigenvalue weighted by molar-refractivity contribution is -0.0316. The van der Waals surface area contributed by atoms with Gasteiger partial charge < -0.3 is 19.5 Å². The standard InChI is InChI=1S/C24H25F2NO5/c25-24(26)13-19(24)15-31-20-10-11-27(23(30)32-14-16-4-2-1-3-5-16)21(12-20)17-6-8-18(9-7-17)22(28)29/h1-9,19-21H,10-15H2,(H,28,29)/t19?,20-,21-/m0/s1. The van der Waals surface area contributed by atoms with Gasteiger partial charge in [0.15, 0.2) is 0 Å². The lowest BCUT2D eigenvalue weighted by atomic mass is 9.93. The minimum Gasteiger partial charge on any atom is -0.478 e. The van der Waals surface area contributed by atoms with Crippen LogP contribution in [0, 0.1) is 5.92 Å². The van der Waals surface area contributed by atoms with Crippen LogP contribution >= 0.6 is 0 Å². The molecule has 3 atom stereocenters. The number of carbonyl (C=O) groups excluding carboxylic acids is 1. The maximum absolute atomic E-state index is 13.2. The first-order valence-electron chi connectivity index (χ1n) is 10.6. The number of hydrogen-bond acceptors (Lipinski definition) is 4. The second-order valence-corrected chi connectivity index (χ2v) is 8.32. The van der Waals surface area contributed by atoms with Crippen molar-refractivity contribution in [2.75, 3.05) is 13.2 Å². The van der Waals surface area contributed by atoms with Crippen molar-refractivity contribution in [2.45, 2.75) is 43.9 Å². The summed E-state index contributed by atoms with van der Waals surface area (Å²) < 4.78 is 37.6. The Kier molecular flexibility index (Phi) is 6.41. The molecular formula is C24H25F2NO5. The highest BCUT2D eigenvalue weighted by atomic mass is 19.3. The van der Waals surface area contributed by atoms with Gasteiger partial charge in [0.25, 0.3) is 5.92 Å². The van der Waals surface area contributed by atoms with Crippen LogP contribution in [0.4, 0.5) is 13.6 Å². The van der Waals surface area contributed by atoms with Gasteiger partial charge in [-0.1, -0.05) is 42.5 Å². The second-order valence-electron chi connectivity index (χ2n) is 8.32. The van der Waals surface area contributed by atoms with Crippen LogP contribution < -0.4 is 0 Å². The molecule has 2 aliphatic rings. The van der Waals surface area contributed by atoms with Crippen LogP contribution in [0.5, 0.6) is 0 Å². The molecule has 170 valence electrons. The summed E-state index contributed by atoms with van der Waals surface area (Å²) in [6.45, 7) is 0.489. The number of halogens is 2. The molecule has 1 unspecified atom stereocenters. The van der Waals surface area contributed by atoms with Gasteiger partial charge >= 0.3 is 12.1 Å². The molecule has 2 fully saturated rings. The number of likely N-dealkylation sites (tertiary alicyclic amines) is 1. The smallest absolute Gasteiger partial charge is 0.410 e. The molecule has 0 radical (unpaired) electrons. The van der Waals surface area contributed by atoms with Crippen LogP contribution in [-0.2, 0) is 16.1 Å². The molecule has 8 heteroatoms. The van der Waals surface area contributed by atoms with Gasteiger partial charge in [-0.25, -0.2) is 18.4 Å². The van der Waals surface area contributed by atoms with Crippen molar-refractivity contribution in [1.29, 1.82) is 0 Å². The van der Waals surface area contributed by atoms with E-state index in [1.54, 1.807) is 17.0 Å². The Morgan fingerprint density at radius 2 is 1.78 bits per heavy atom. The molecule has 1 aliphatic heterocycles. The van der Waals surface area contributed by atoms with Crippen molar-refractivity contribution < 1.29 is 33.0 Å². The molecule has 2 aromatic carbocycles. The predicted molar refractivity (Wildman–Crippen MR) is 112 cm³/mol. The number of carbonyl (C=O) groups is 2. The fourth-order valence-corrected chi connectivity index (χ4v) is 3.97. The molecular weight excluding hydrogens is 420 g/mol. The highest BCUT2D eigenvalue weighted by Crippen LogP contribution is 2.49. The first-order chi connectivity index (χ1) is 15.3. The number of ether oxygens (including phenoxy) is 2. The summed E-state index contributed by atoms with van der Waals surface area (Å²) >= 11 is 0. The zero-order valence-corrected chi connectivity index (χ0v) is 17.5. The van der Waals surface area contributed by atoms with Gasteiger partial charge in [-0.2, -0.15) is 0 Å². The van der Waals surface area contributed by atoms with E-state index in [0.29, 0.717) is 19.4 Å². The molecule has 1 amide bonds. The van der Waals surface area contributed by atoms with Gasteiger partial charge in [0.1, 0.15) is 6.61 Å². The molecule has 1 aliphatic carbocycles. The fourth-order valence-electron chi connectivity index (χ4n) is 3.97. The van der Waals surface area contributed by atoms with E-state index in [1.165, 1.54) is 12.1 Å². The number of piperidine rings is 1. The maximum Gasteiger partial charge on any atom is 0.410 e. The second kappa shape index (κ2) is 9.24. The number of carboxylic acid groups (broad SMARTS) is 1. The molecule has 1 heterocycles. The summed E-state index contributed by atoms with van der Waals surface area (Å²) in [6.07, 6.45) is 0.0489. The SMILES string of the molecule is O=C(O)c1ccc([C@@H]2C[C@@H](OCC3CC3(F)F)CCN2C(=O)OCc2ccccc2)cc1. The molecule has 1 saturated carbocycles. The average molecular weight is 445 g/mol. The number of alkyl halides is 2. The Labute approximate surface area is 184 Å². The zero-order chi connectivity index (χ0) is 22.7. The number of rotatable bonds is 7. The molecule has 4 rings (SSSR count). The Bertz CT molecular complexity index is 951. The van der Waals surface area contributed by atoms with E-state index in [4.69, 9.17) is 14.6 Å². The first-order valence-corrected chi connectivity index (χ1v) is 10.6. The van der Waals surface area contributed by atoms with E-state index >= 15 is 0 Å². The van der Waals surface area contributed by atoms with E-state index in [0.717, 1.165) is 11.1 Å². The largest absolute Gasteiger partial charge is 0.478 e. The van der Waals surface area contributed by atoms with Crippen molar-refractivity contribution in [3.63, 3.8) is 0 Å². The summed E-state index contributed by atoms with van der Waals surface area (Å²) in [5, 5.41) is 9.15. The molecule has 0 bridgehead atoms. The van der Waals surface area contributed by atoms with Crippen LogP contribution in [0.3, 0.4) is 0 Å². The van der Waals surface area contributed by atoms with Crippen molar-refractivity contribution in [3.05, 3.63) is 71.3 Å². The summed E-state index contributed by atoms with van der Waals surface area (Å²) in [4.78, 5) is 25.6. The van der Waals surface area contributed by atoms with Crippen LogP contribution in [0.25, 0.3) is 0 Å². The third kappa shape index (κ3) is 5.24. The summed E-state index contributed by atoms with van der Waals surface area (Å²) in [5.74, 6) is -4.40. The van der Waals surface area contributed by atoms with Crippen molar-refractivity contribution in [1.82, 2.24) is 4.90 Å². The monoisotopic (exact) mass is 445 g/mol. The Hall–Kier alpha value is -3.00. The van der Waals surface area contributed by atoms with Gasteiger partial charge in [-0.15, -0.1) is 0 Å². The highest BCUT2D eigenvalue weighted by Gasteiger charge is 2.57. The summed E-state index contributed by atoms with van der Waals surface area (Å²) in [5.41, 5.74) is 1.76. The van der Waals surface area contributed by atoms with E-state index in [2.05, 4.69) is 0 Å².